The normalized spacial score (nSPS) is 11.5. The highest BCUT2D eigenvalue weighted by Gasteiger charge is 2.35. The molecule has 0 radical (unpaired) electrons. The number of alkyl halides is 10. The highest BCUT2D eigenvalue weighted by atomic mass is 79.9. The number of nitrogen functional groups attached to an aromatic ring is 1. The van der Waals surface area contributed by atoms with Crippen LogP contribution in [0.5, 0.6) is 0 Å². The fourth-order valence-electron chi connectivity index (χ4n) is 4.71. The lowest BCUT2D eigenvalue weighted by Gasteiger charge is -2.10. The average Bonchev–Trinajstić information content (AvgIpc) is 4.04. The zero-order chi connectivity index (χ0) is 52.8. The number of amides is 2. The molecule has 3 aromatic carbocycles. The van der Waals surface area contributed by atoms with E-state index in [4.69, 9.17) is 51.4 Å². The molecule has 3 aromatic heterocycles. The molecule has 11 nitrogen and oxygen atoms in total. The van der Waals surface area contributed by atoms with Crippen LogP contribution in [0.2, 0.25) is 15.1 Å². The first-order valence-corrected chi connectivity index (χ1v) is 24.3. The largest absolute Gasteiger partial charge is 0.477 e. The number of nitrogens with zero attached hydrogens (tertiary/aromatic N) is 3. The van der Waals surface area contributed by atoms with Crippen LogP contribution in [0.3, 0.4) is 0 Å². The smallest absolute Gasteiger partial charge is 0.417 e. The number of carboxylic acids is 1. The third kappa shape index (κ3) is 19.9. The quantitative estimate of drug-likeness (QED) is 0.0562. The molecular formula is C42H41BrCl3F10N7O4S3. The topological polar surface area (TPSA) is 186 Å². The summed E-state index contributed by atoms with van der Waals surface area (Å²) in [5, 5.41) is 14.5. The molecule has 0 aliphatic heterocycles. The van der Waals surface area contributed by atoms with Crippen LogP contribution in [0.4, 0.5) is 61.3 Å². The summed E-state index contributed by atoms with van der Waals surface area (Å²) in [7, 11) is 0. The molecule has 1 unspecified atom stereocenters. The molecule has 0 bridgehead atoms. The number of thiazole rings is 3. The number of hydrogen-bond acceptors (Lipinski definition) is 11. The number of rotatable bonds is 8. The maximum atomic E-state index is 12.6. The van der Waals surface area contributed by atoms with E-state index >= 15 is 0 Å². The first-order chi connectivity index (χ1) is 31.9. The number of aromatic carboxylic acids is 1. The highest BCUT2D eigenvalue weighted by Crippen LogP contribution is 2.38. The first kappa shape index (κ1) is 63.4. The number of nitrogens with one attached hydrogen (secondary N) is 2. The van der Waals surface area contributed by atoms with E-state index in [1.165, 1.54) is 41.3 Å². The van der Waals surface area contributed by atoms with Gasteiger partial charge in [-0.1, -0.05) is 78.4 Å². The van der Waals surface area contributed by atoms with Crippen LogP contribution in [-0.2, 0) is 18.5 Å². The standard InChI is InChI=1S/C14H12ClF3N2OS.C13H11ClF3N3OS.C7H5ClF3N.C7H9NO2S.CH3Br.FH/c1-7(2)13-19-6-11(22-13)12(21)20-8-3-4-9(10(15)5-8)14(16,17)18;1-6(18)12-19-5-10(22-12)11(21)20-7-2-3-8(9(14)4-7)13(15,16)17;8-6-3-4(12)1-2-5(6)7(9,10)11;1-4(2)6-8-3-5(11-6)7(9)10;1-2;/h3-7H,1-2H3,(H,20,21);2-6H,18H2,1H3,(H,20,21);1-3H,12H2;3-4H,1-2H3,(H,9,10);1H3;1H. The van der Waals surface area contributed by atoms with Gasteiger partial charge in [-0.2, -0.15) is 39.5 Å². The molecule has 0 fully saturated rings. The molecule has 7 N–H and O–H groups in total. The van der Waals surface area contributed by atoms with Crippen molar-refractivity contribution in [3.05, 3.63) is 135 Å². The molecule has 0 saturated heterocycles. The number of aromatic nitrogens is 3. The van der Waals surface area contributed by atoms with Crippen molar-refractivity contribution in [2.45, 2.75) is 71.0 Å². The number of anilines is 3. The van der Waals surface area contributed by atoms with Gasteiger partial charge in [0.2, 0.25) is 0 Å². The van der Waals surface area contributed by atoms with Gasteiger partial charge in [-0.3, -0.25) is 14.3 Å². The Balaban J connectivity index is 0.000000478. The van der Waals surface area contributed by atoms with Gasteiger partial charge in [0, 0.05) is 28.9 Å². The van der Waals surface area contributed by atoms with Gasteiger partial charge in [-0.25, -0.2) is 19.7 Å². The molecule has 70 heavy (non-hydrogen) atoms. The number of carboxylic acid groups (broad SMARTS) is 1. The Morgan fingerprint density at radius 1 is 0.586 bits per heavy atom. The van der Waals surface area contributed by atoms with Crippen molar-refractivity contribution in [3.63, 3.8) is 0 Å². The zero-order valence-corrected chi connectivity index (χ0v) is 43.2. The summed E-state index contributed by atoms with van der Waals surface area (Å²) in [6.45, 7) is 9.62. The maximum Gasteiger partial charge on any atom is 0.417 e. The minimum absolute atomic E-state index is 0. The van der Waals surface area contributed by atoms with Crippen molar-refractivity contribution in [1.82, 2.24) is 15.0 Å². The first-order valence-electron chi connectivity index (χ1n) is 19.1. The number of carbonyl (C=O) groups is 3. The Morgan fingerprint density at radius 3 is 1.17 bits per heavy atom. The number of hydrogen-bond donors (Lipinski definition) is 5. The fraction of sp³-hybridized carbons (Fsp3) is 0.286. The molecule has 0 aliphatic carbocycles. The van der Waals surface area contributed by atoms with Crippen molar-refractivity contribution in [2.24, 2.45) is 5.73 Å². The molecule has 6 rings (SSSR count). The monoisotopic (exact) mass is 1180 g/mol. The van der Waals surface area contributed by atoms with Crippen molar-refractivity contribution >= 4 is 120 Å². The minimum atomic E-state index is -4.54. The third-order valence-electron chi connectivity index (χ3n) is 7.97. The minimum Gasteiger partial charge on any atom is -0.477 e. The average molecular weight is 1180 g/mol. The van der Waals surface area contributed by atoms with Gasteiger partial charge in [-0.05, 0) is 67.4 Å². The van der Waals surface area contributed by atoms with E-state index in [9.17, 15) is 53.9 Å². The van der Waals surface area contributed by atoms with Crippen LogP contribution in [0.15, 0.2) is 73.2 Å². The summed E-state index contributed by atoms with van der Waals surface area (Å²) in [5.41, 5.74) is 8.69. The summed E-state index contributed by atoms with van der Waals surface area (Å²) >= 11 is 23.1. The SMILES string of the molecule is CBr.CC(C)c1ncc(C(=O)Nc2ccc(C(F)(F)F)c(Cl)c2)s1.CC(C)c1ncc(C(=O)O)s1.CC(N)c1ncc(C(=O)Nc2ccc(C(F)(F)F)c(Cl)c2)s1.F.Nc1ccc(C(F)(F)F)c(Cl)c1. The van der Waals surface area contributed by atoms with Crippen LogP contribution in [-0.4, -0.2) is 43.7 Å². The number of carbonyl (C=O) groups excluding carboxylic acids is 2. The zero-order valence-electron chi connectivity index (χ0n) is 36.9. The summed E-state index contributed by atoms with van der Waals surface area (Å²) < 4.78 is 112. The van der Waals surface area contributed by atoms with E-state index in [-0.39, 0.29) is 38.7 Å². The second-order valence-electron chi connectivity index (χ2n) is 14.1. The molecule has 3 heterocycles. The number of benzene rings is 3. The molecular weight excluding hydrogens is 1140 g/mol. The molecule has 28 heteroatoms. The van der Waals surface area contributed by atoms with Crippen LogP contribution in [0.1, 0.15) is 113 Å². The molecule has 0 saturated carbocycles. The van der Waals surface area contributed by atoms with Crippen molar-refractivity contribution in [3.8, 4) is 0 Å². The van der Waals surface area contributed by atoms with Crippen LogP contribution >= 0.6 is 84.7 Å². The molecule has 6 aromatic rings. The van der Waals surface area contributed by atoms with E-state index in [2.05, 4.69) is 41.5 Å². The summed E-state index contributed by atoms with van der Waals surface area (Å²) in [4.78, 5) is 47.6. The van der Waals surface area contributed by atoms with Gasteiger partial charge in [0.25, 0.3) is 11.8 Å². The molecule has 384 valence electrons. The third-order valence-corrected chi connectivity index (χ3v) is 12.7. The summed E-state index contributed by atoms with van der Waals surface area (Å²) in [6, 6.07) is 8.88. The lowest BCUT2D eigenvalue weighted by Crippen LogP contribution is -2.11. The van der Waals surface area contributed by atoms with Crippen LogP contribution < -0.4 is 22.1 Å². The Bertz CT molecular complexity index is 2540. The van der Waals surface area contributed by atoms with Crippen molar-refractivity contribution in [2.75, 3.05) is 22.2 Å². The van der Waals surface area contributed by atoms with Gasteiger partial charge in [0.1, 0.15) is 19.6 Å². The van der Waals surface area contributed by atoms with Gasteiger partial charge in [0.15, 0.2) is 0 Å². The predicted octanol–water partition coefficient (Wildman–Crippen LogP) is 15.3. The fourth-order valence-corrected chi connectivity index (χ4v) is 7.92. The van der Waals surface area contributed by atoms with Gasteiger partial charge < -0.3 is 27.2 Å². The van der Waals surface area contributed by atoms with E-state index in [0.717, 1.165) is 75.9 Å². The highest BCUT2D eigenvalue weighted by molar-refractivity contribution is 9.08. The molecule has 0 spiro atoms. The van der Waals surface area contributed by atoms with Crippen molar-refractivity contribution < 1.29 is 63.7 Å². The second kappa shape index (κ2) is 27.8. The van der Waals surface area contributed by atoms with Crippen LogP contribution in [0.25, 0.3) is 0 Å². The molecule has 2 amide bonds. The molecule has 1 atom stereocenters. The van der Waals surface area contributed by atoms with Crippen molar-refractivity contribution in [1.29, 1.82) is 0 Å². The van der Waals surface area contributed by atoms with E-state index < -0.39 is 63.0 Å². The van der Waals surface area contributed by atoms with Crippen LogP contribution in [0, 0.1) is 0 Å². The Hall–Kier alpha value is -4.63. The second-order valence-corrected chi connectivity index (χ2v) is 18.5. The Labute approximate surface area is 429 Å². The van der Waals surface area contributed by atoms with E-state index in [1.807, 2.05) is 33.5 Å². The number of nitrogens with two attached hydrogens (primary N) is 2. The lowest BCUT2D eigenvalue weighted by atomic mass is 10.2. The Morgan fingerprint density at radius 2 is 0.900 bits per heavy atom. The van der Waals surface area contributed by atoms with E-state index in [0.29, 0.717) is 25.6 Å². The van der Waals surface area contributed by atoms with E-state index in [1.54, 1.807) is 6.92 Å². The summed E-state index contributed by atoms with van der Waals surface area (Å²) in [6.07, 6.45) is -9.26. The lowest BCUT2D eigenvalue weighted by molar-refractivity contribution is -0.138. The predicted molar refractivity (Wildman–Crippen MR) is 261 cm³/mol. The maximum absolute atomic E-state index is 12.6. The molecule has 0 aliphatic rings. The number of halogens is 14. The summed E-state index contributed by atoms with van der Waals surface area (Å²) in [5.74, 6) is 0.516. The van der Waals surface area contributed by atoms with Gasteiger partial charge in [-0.15, -0.1) is 34.0 Å². The van der Waals surface area contributed by atoms with Gasteiger partial charge in [0.05, 0.1) is 66.4 Å². The Kier molecular flexibility index (Phi) is 25.2. The van der Waals surface area contributed by atoms with Gasteiger partial charge >= 0.3 is 24.5 Å².